The Labute approximate surface area is 147 Å². The van der Waals surface area contributed by atoms with Gasteiger partial charge in [0.2, 0.25) is 0 Å². The molecule has 2 nitrogen and oxygen atoms in total. The van der Waals surface area contributed by atoms with E-state index in [2.05, 4.69) is 67.7 Å². The SMILES string of the molecule is CCC=CCC=CCC=CCC=CCC=CCC=CCCC([O])=O. The van der Waals surface area contributed by atoms with Gasteiger partial charge in [0, 0.05) is 0 Å². The molecule has 0 aromatic heterocycles. The summed E-state index contributed by atoms with van der Waals surface area (Å²) in [5.41, 5.74) is 0. The molecule has 1 radical (unpaired) electrons. The highest BCUT2D eigenvalue weighted by atomic mass is 16.4. The Morgan fingerprint density at radius 1 is 0.583 bits per heavy atom. The molecule has 0 aromatic carbocycles. The maximum Gasteiger partial charge on any atom is 0.355 e. The van der Waals surface area contributed by atoms with Crippen LogP contribution in [0.5, 0.6) is 0 Å². The van der Waals surface area contributed by atoms with Crippen LogP contribution in [0.3, 0.4) is 0 Å². The molecular formula is C22H31O2. The summed E-state index contributed by atoms with van der Waals surface area (Å²) in [4.78, 5) is 10.2. The van der Waals surface area contributed by atoms with E-state index in [9.17, 15) is 9.90 Å². The molecule has 0 atom stereocenters. The molecular weight excluding hydrogens is 296 g/mol. The third-order valence-electron chi connectivity index (χ3n) is 3.11. The van der Waals surface area contributed by atoms with Crippen LogP contribution >= 0.6 is 0 Å². The number of carbonyl (C=O) groups is 1. The molecule has 24 heavy (non-hydrogen) atoms. The summed E-state index contributed by atoms with van der Waals surface area (Å²) < 4.78 is 0. The maximum absolute atomic E-state index is 10.2. The molecule has 0 saturated carbocycles. The first-order valence-corrected chi connectivity index (χ1v) is 8.87. The van der Waals surface area contributed by atoms with E-state index < -0.39 is 5.97 Å². The van der Waals surface area contributed by atoms with Gasteiger partial charge in [-0.25, -0.2) is 9.90 Å². The van der Waals surface area contributed by atoms with Gasteiger partial charge in [-0.1, -0.05) is 79.8 Å². The number of hydrogen-bond acceptors (Lipinski definition) is 1. The van der Waals surface area contributed by atoms with E-state index in [1.54, 1.807) is 0 Å². The zero-order valence-electron chi connectivity index (χ0n) is 14.9. The minimum atomic E-state index is -0.991. The van der Waals surface area contributed by atoms with Gasteiger partial charge >= 0.3 is 5.97 Å². The van der Waals surface area contributed by atoms with Crippen LogP contribution in [0.1, 0.15) is 58.3 Å². The van der Waals surface area contributed by atoms with Gasteiger partial charge in [0.05, 0.1) is 6.42 Å². The van der Waals surface area contributed by atoms with E-state index in [0.717, 1.165) is 38.5 Å². The fourth-order valence-corrected chi connectivity index (χ4v) is 1.84. The van der Waals surface area contributed by atoms with Crippen molar-refractivity contribution >= 4 is 5.97 Å². The molecule has 0 saturated heterocycles. The largest absolute Gasteiger partial charge is 0.355 e. The van der Waals surface area contributed by atoms with Crippen molar-refractivity contribution in [2.45, 2.75) is 58.3 Å². The Bertz CT molecular complexity index is 462. The predicted octanol–water partition coefficient (Wildman–Crippen LogP) is 6.42. The summed E-state index contributed by atoms with van der Waals surface area (Å²) >= 11 is 0. The van der Waals surface area contributed by atoms with Crippen LogP contribution in [0, 0.1) is 0 Å². The van der Waals surface area contributed by atoms with Gasteiger partial charge < -0.3 is 0 Å². The Hall–Kier alpha value is -2.09. The first-order valence-electron chi connectivity index (χ1n) is 8.87. The van der Waals surface area contributed by atoms with E-state index in [1.807, 2.05) is 12.2 Å². The van der Waals surface area contributed by atoms with Crippen molar-refractivity contribution in [1.29, 1.82) is 0 Å². The van der Waals surface area contributed by atoms with Crippen LogP contribution in [-0.4, -0.2) is 5.97 Å². The second-order valence-corrected chi connectivity index (χ2v) is 5.33. The molecule has 0 bridgehead atoms. The minimum Gasteiger partial charge on any atom is -0.247 e. The normalized spacial score (nSPS) is 13.0. The molecule has 0 N–H and O–H groups in total. The maximum atomic E-state index is 10.2. The van der Waals surface area contributed by atoms with Crippen molar-refractivity contribution in [3.63, 3.8) is 0 Å². The molecule has 0 rings (SSSR count). The summed E-state index contributed by atoms with van der Waals surface area (Å²) in [6, 6.07) is 0. The Balaban J connectivity index is 3.51. The predicted molar refractivity (Wildman–Crippen MR) is 103 cm³/mol. The quantitative estimate of drug-likeness (QED) is 0.339. The monoisotopic (exact) mass is 327 g/mol. The van der Waals surface area contributed by atoms with Crippen molar-refractivity contribution in [2.24, 2.45) is 0 Å². The van der Waals surface area contributed by atoms with Gasteiger partial charge in [0.15, 0.2) is 0 Å². The Morgan fingerprint density at radius 2 is 0.917 bits per heavy atom. The first-order chi connectivity index (χ1) is 11.8. The third kappa shape index (κ3) is 19.9. The molecule has 131 valence electrons. The summed E-state index contributed by atoms with van der Waals surface area (Å²) in [5, 5.41) is 10.2. The number of allylic oxidation sites excluding steroid dienone is 12. The lowest BCUT2D eigenvalue weighted by Crippen LogP contribution is -1.88. The van der Waals surface area contributed by atoms with Crippen LogP contribution in [0.2, 0.25) is 0 Å². The van der Waals surface area contributed by atoms with Gasteiger partial charge in [-0.15, -0.1) is 0 Å². The van der Waals surface area contributed by atoms with Crippen LogP contribution in [-0.2, 0) is 9.90 Å². The van der Waals surface area contributed by atoms with Gasteiger partial charge in [-0.3, -0.25) is 0 Å². The number of carbonyl (C=O) groups excluding carboxylic acids is 1. The van der Waals surface area contributed by atoms with Gasteiger partial charge in [0.1, 0.15) is 0 Å². The van der Waals surface area contributed by atoms with Crippen molar-refractivity contribution in [1.82, 2.24) is 0 Å². The smallest absolute Gasteiger partial charge is 0.247 e. The van der Waals surface area contributed by atoms with Crippen molar-refractivity contribution < 1.29 is 9.90 Å². The highest BCUT2D eigenvalue weighted by Crippen LogP contribution is 1.97. The average molecular weight is 327 g/mol. The number of rotatable bonds is 14. The summed E-state index contributed by atoms with van der Waals surface area (Å²) in [7, 11) is 0. The van der Waals surface area contributed by atoms with Gasteiger partial charge in [0.25, 0.3) is 0 Å². The lowest BCUT2D eigenvalue weighted by Gasteiger charge is -1.86. The van der Waals surface area contributed by atoms with E-state index >= 15 is 0 Å². The van der Waals surface area contributed by atoms with Crippen LogP contribution in [0.15, 0.2) is 72.9 Å². The average Bonchev–Trinajstić information content (AvgIpc) is 2.56. The van der Waals surface area contributed by atoms with E-state index in [0.29, 0.717) is 6.42 Å². The van der Waals surface area contributed by atoms with Crippen molar-refractivity contribution in [2.75, 3.05) is 0 Å². The molecule has 0 amide bonds. The van der Waals surface area contributed by atoms with E-state index in [4.69, 9.17) is 0 Å². The fourth-order valence-electron chi connectivity index (χ4n) is 1.84. The first kappa shape index (κ1) is 21.9. The second-order valence-electron chi connectivity index (χ2n) is 5.33. The zero-order chi connectivity index (χ0) is 17.7. The highest BCUT2D eigenvalue weighted by Gasteiger charge is 1.93. The van der Waals surface area contributed by atoms with Gasteiger partial charge in [-0.05, 0) is 44.9 Å². The molecule has 0 aliphatic rings. The van der Waals surface area contributed by atoms with Crippen molar-refractivity contribution in [3.8, 4) is 0 Å². The summed E-state index contributed by atoms with van der Waals surface area (Å²) in [6.07, 6.45) is 32.1. The topological polar surface area (TPSA) is 37.0 Å². The van der Waals surface area contributed by atoms with Crippen molar-refractivity contribution in [3.05, 3.63) is 72.9 Å². The van der Waals surface area contributed by atoms with E-state index in [1.165, 1.54) is 0 Å². The van der Waals surface area contributed by atoms with Gasteiger partial charge in [-0.2, -0.15) is 0 Å². The Kier molecular flexibility index (Phi) is 17.3. The number of hydrogen-bond donors (Lipinski definition) is 0. The van der Waals surface area contributed by atoms with Crippen LogP contribution < -0.4 is 0 Å². The molecule has 0 fully saturated rings. The highest BCUT2D eigenvalue weighted by molar-refractivity contribution is 5.66. The van der Waals surface area contributed by atoms with Crippen LogP contribution in [0.4, 0.5) is 0 Å². The van der Waals surface area contributed by atoms with E-state index in [-0.39, 0.29) is 6.42 Å². The standard InChI is InChI=1S/C22H31O2/c1-2-3-4-5-6-7-8-9-10-11-12-13-14-15-16-17-18-19-20-21-22(23)24/h3-4,6-7,9-10,12-13,15-16,18-19H,2,5,8,11,14,17,20-21H2,1H3. The summed E-state index contributed by atoms with van der Waals surface area (Å²) in [5.74, 6) is -0.991. The second kappa shape index (κ2) is 19.0. The molecule has 0 aromatic rings. The molecule has 0 unspecified atom stereocenters. The Morgan fingerprint density at radius 3 is 1.25 bits per heavy atom. The molecule has 0 aliphatic heterocycles. The fraction of sp³-hybridized carbons (Fsp3) is 0.409. The third-order valence-corrected chi connectivity index (χ3v) is 3.11. The molecule has 0 aliphatic carbocycles. The zero-order valence-corrected chi connectivity index (χ0v) is 14.9. The lowest BCUT2D eigenvalue weighted by atomic mass is 10.2. The minimum absolute atomic E-state index is 0.0994. The summed E-state index contributed by atoms with van der Waals surface area (Å²) in [6.45, 7) is 2.15. The molecule has 2 heteroatoms. The molecule has 0 spiro atoms. The molecule has 0 heterocycles. The van der Waals surface area contributed by atoms with Crippen LogP contribution in [0.25, 0.3) is 0 Å². The lowest BCUT2D eigenvalue weighted by molar-refractivity contribution is -0.142.